The number of ether oxygens (including phenoxy) is 3. The van der Waals surface area contributed by atoms with Crippen molar-refractivity contribution >= 4 is 23.5 Å². The predicted molar refractivity (Wildman–Crippen MR) is 99.9 cm³/mol. The largest absolute Gasteiger partial charge is 0.573 e. The van der Waals surface area contributed by atoms with Gasteiger partial charge in [0.1, 0.15) is 5.75 Å². The van der Waals surface area contributed by atoms with Gasteiger partial charge in [0.25, 0.3) is 5.91 Å². The second kappa shape index (κ2) is 6.61. The van der Waals surface area contributed by atoms with Gasteiger partial charge in [-0.2, -0.15) is 0 Å². The molecule has 2 bridgehead atoms. The molecular weight excluding hydrogens is 419 g/mol. The first-order valence-electron chi connectivity index (χ1n) is 9.92. The fraction of sp³-hybridized carbons (Fsp3) is 0.571. The summed E-state index contributed by atoms with van der Waals surface area (Å²) in [4.78, 5) is 39.5. The minimum Gasteiger partial charge on any atom is -0.449 e. The molecule has 1 aromatic carbocycles. The van der Waals surface area contributed by atoms with E-state index in [0.29, 0.717) is 12.8 Å². The molecule has 2 aliphatic heterocycles. The average Bonchev–Trinajstić information content (AvgIpc) is 3.17. The molecule has 0 spiro atoms. The molecule has 10 heteroatoms. The number of hydrogen-bond acceptors (Lipinski definition) is 6. The number of alkyl halides is 3. The molecule has 1 saturated carbocycles. The number of hydrogen-bond donors (Lipinski definition) is 0. The summed E-state index contributed by atoms with van der Waals surface area (Å²) in [5.74, 6) is -2.23. The number of rotatable bonds is 4. The van der Waals surface area contributed by atoms with Crippen molar-refractivity contribution in [3.05, 3.63) is 24.3 Å². The minimum atomic E-state index is -4.85. The third-order valence-corrected chi connectivity index (χ3v) is 7.18. The average molecular weight is 441 g/mol. The Labute approximate surface area is 176 Å². The van der Waals surface area contributed by atoms with Gasteiger partial charge >= 0.3 is 18.3 Å². The molecule has 2 heterocycles. The molecule has 4 rings (SSSR count). The smallest absolute Gasteiger partial charge is 0.449 e. The van der Waals surface area contributed by atoms with Crippen molar-refractivity contribution in [2.75, 3.05) is 11.4 Å². The molecule has 0 aromatic heterocycles. The van der Waals surface area contributed by atoms with Crippen molar-refractivity contribution < 1.29 is 41.8 Å². The van der Waals surface area contributed by atoms with Gasteiger partial charge in [0.2, 0.25) is 5.60 Å². The molecule has 3 fully saturated rings. The predicted octanol–water partition coefficient (Wildman–Crippen LogP) is 3.36. The Balaban J connectivity index is 1.49. The number of carbonyl (C=O) groups is 3. The number of amides is 1. The fourth-order valence-electron chi connectivity index (χ4n) is 4.79. The zero-order chi connectivity index (χ0) is 22.8. The molecule has 1 aliphatic carbocycles. The quantitative estimate of drug-likeness (QED) is 0.667. The van der Waals surface area contributed by atoms with Gasteiger partial charge in [0.05, 0.1) is 5.41 Å². The summed E-state index contributed by atoms with van der Waals surface area (Å²) >= 11 is 0. The summed E-state index contributed by atoms with van der Waals surface area (Å²) in [5, 5.41) is 0. The highest BCUT2D eigenvalue weighted by Crippen LogP contribution is 2.65. The third kappa shape index (κ3) is 3.06. The third-order valence-electron chi connectivity index (χ3n) is 7.18. The van der Waals surface area contributed by atoms with Crippen LogP contribution in [0, 0.1) is 10.8 Å². The lowest BCUT2D eigenvalue weighted by Gasteiger charge is -2.35. The standard InChI is InChI=1S/C21H22F3NO6/c1-18(2)19(3)8-9-20(18,31-16(19)27)17(28)29-14-7-10-25(15(14)26)12-5-4-6-13(11-12)30-21(22,23)24/h4-6,11,14H,7-10H2,1-3H3. The van der Waals surface area contributed by atoms with Crippen LogP contribution in [0.25, 0.3) is 0 Å². The number of carbonyl (C=O) groups excluding carboxylic acids is 3. The van der Waals surface area contributed by atoms with Crippen LogP contribution in [0.15, 0.2) is 24.3 Å². The first-order valence-corrected chi connectivity index (χ1v) is 9.92. The molecule has 3 atom stereocenters. The number of halogens is 3. The van der Waals surface area contributed by atoms with E-state index in [0.717, 1.165) is 12.1 Å². The summed E-state index contributed by atoms with van der Waals surface area (Å²) in [7, 11) is 0. The molecule has 0 radical (unpaired) electrons. The molecule has 1 aromatic rings. The van der Waals surface area contributed by atoms with Crippen LogP contribution in [-0.4, -0.2) is 42.5 Å². The number of anilines is 1. The van der Waals surface area contributed by atoms with Gasteiger partial charge in [0, 0.05) is 30.1 Å². The highest BCUT2D eigenvalue weighted by Gasteiger charge is 2.76. The highest BCUT2D eigenvalue weighted by atomic mass is 19.4. The van der Waals surface area contributed by atoms with E-state index >= 15 is 0 Å². The zero-order valence-electron chi connectivity index (χ0n) is 17.2. The van der Waals surface area contributed by atoms with E-state index in [1.54, 1.807) is 20.8 Å². The second-order valence-electron chi connectivity index (χ2n) is 8.89. The van der Waals surface area contributed by atoms with E-state index in [9.17, 15) is 27.6 Å². The van der Waals surface area contributed by atoms with E-state index < -0.39 is 52.5 Å². The second-order valence-corrected chi connectivity index (χ2v) is 8.89. The number of fused-ring (bicyclic) bond motifs is 2. The summed E-state index contributed by atoms with van der Waals surface area (Å²) in [5.41, 5.74) is -2.87. The minimum absolute atomic E-state index is 0.153. The number of esters is 2. The van der Waals surface area contributed by atoms with Gasteiger partial charge in [-0.25, -0.2) is 4.79 Å². The molecule has 1 amide bonds. The fourth-order valence-corrected chi connectivity index (χ4v) is 4.79. The van der Waals surface area contributed by atoms with Gasteiger partial charge in [-0.05, 0) is 31.9 Å². The SMILES string of the molecule is CC12CCC(C(=O)OC3CCN(c4cccc(OC(F)(F)F)c4)C3=O)(OC1=O)C2(C)C. The Bertz CT molecular complexity index is 961. The van der Waals surface area contributed by atoms with Crippen LogP contribution >= 0.6 is 0 Å². The van der Waals surface area contributed by atoms with Gasteiger partial charge in [0.15, 0.2) is 6.10 Å². The first kappa shape index (κ1) is 21.5. The van der Waals surface area contributed by atoms with Crippen molar-refractivity contribution in [3.8, 4) is 5.75 Å². The molecule has 7 nitrogen and oxygen atoms in total. The molecular formula is C21H22F3NO6. The van der Waals surface area contributed by atoms with E-state index in [1.807, 2.05) is 0 Å². The Hall–Kier alpha value is -2.78. The molecule has 168 valence electrons. The van der Waals surface area contributed by atoms with Crippen LogP contribution in [0.3, 0.4) is 0 Å². The van der Waals surface area contributed by atoms with Crippen molar-refractivity contribution in [3.63, 3.8) is 0 Å². The van der Waals surface area contributed by atoms with E-state index in [-0.39, 0.29) is 18.7 Å². The molecule has 31 heavy (non-hydrogen) atoms. The van der Waals surface area contributed by atoms with E-state index in [1.165, 1.54) is 17.0 Å². The Kier molecular flexibility index (Phi) is 4.57. The Morgan fingerprint density at radius 3 is 2.48 bits per heavy atom. The number of nitrogens with zero attached hydrogens (tertiary/aromatic N) is 1. The maximum Gasteiger partial charge on any atom is 0.573 e. The van der Waals surface area contributed by atoms with Gasteiger partial charge in [-0.3, -0.25) is 9.59 Å². The maximum atomic E-state index is 13.1. The van der Waals surface area contributed by atoms with Crippen LogP contribution in [0.4, 0.5) is 18.9 Å². The van der Waals surface area contributed by atoms with Gasteiger partial charge < -0.3 is 19.1 Å². The topological polar surface area (TPSA) is 82.1 Å². The number of benzene rings is 1. The monoisotopic (exact) mass is 441 g/mol. The van der Waals surface area contributed by atoms with Gasteiger partial charge in [-0.1, -0.05) is 19.9 Å². The molecule has 0 N–H and O–H groups in total. The maximum absolute atomic E-state index is 13.1. The lowest BCUT2D eigenvalue weighted by molar-refractivity contribution is -0.274. The molecule has 2 saturated heterocycles. The Morgan fingerprint density at radius 2 is 1.90 bits per heavy atom. The van der Waals surface area contributed by atoms with Crippen molar-refractivity contribution in [2.45, 2.75) is 58.1 Å². The normalized spacial score (nSPS) is 31.7. The van der Waals surface area contributed by atoms with E-state index in [4.69, 9.17) is 9.47 Å². The summed E-state index contributed by atoms with van der Waals surface area (Å²) < 4.78 is 52.3. The summed E-state index contributed by atoms with van der Waals surface area (Å²) in [6.45, 7) is 5.47. The summed E-state index contributed by atoms with van der Waals surface area (Å²) in [6.07, 6.45) is -5.02. The lowest BCUT2D eigenvalue weighted by atomic mass is 9.66. The zero-order valence-corrected chi connectivity index (χ0v) is 17.2. The van der Waals surface area contributed by atoms with Crippen LogP contribution in [0.2, 0.25) is 0 Å². The van der Waals surface area contributed by atoms with Crippen molar-refractivity contribution in [2.24, 2.45) is 10.8 Å². The highest BCUT2D eigenvalue weighted by molar-refractivity contribution is 6.01. The van der Waals surface area contributed by atoms with Crippen molar-refractivity contribution in [1.29, 1.82) is 0 Å². The van der Waals surface area contributed by atoms with E-state index in [2.05, 4.69) is 4.74 Å². The van der Waals surface area contributed by atoms with Crippen LogP contribution in [0.1, 0.15) is 40.0 Å². The van der Waals surface area contributed by atoms with Crippen molar-refractivity contribution in [1.82, 2.24) is 0 Å². The molecule has 3 aliphatic rings. The first-order chi connectivity index (χ1) is 14.3. The van der Waals surface area contributed by atoms with Crippen LogP contribution < -0.4 is 9.64 Å². The lowest BCUT2D eigenvalue weighted by Crippen LogP contribution is -2.50. The Morgan fingerprint density at radius 1 is 1.19 bits per heavy atom. The van der Waals surface area contributed by atoms with Gasteiger partial charge in [-0.15, -0.1) is 13.2 Å². The van der Waals surface area contributed by atoms with Crippen LogP contribution in [0.5, 0.6) is 5.75 Å². The van der Waals surface area contributed by atoms with Crippen LogP contribution in [-0.2, 0) is 23.9 Å². The molecule has 3 unspecified atom stereocenters. The summed E-state index contributed by atoms with van der Waals surface area (Å²) in [6, 6.07) is 5.02.